The Kier molecular flexibility index (Phi) is 4.22. The Bertz CT molecular complexity index is 554. The number of nitrogens with one attached hydrogen (secondary N) is 1. The number of amides is 1. The first-order valence-electron chi connectivity index (χ1n) is 5.20. The predicted octanol–water partition coefficient (Wildman–Crippen LogP) is 3.86. The number of carbonyl (C=O) groups is 1. The molecule has 1 amide bonds. The highest BCUT2D eigenvalue weighted by molar-refractivity contribution is 7.16. The third-order valence-corrected chi connectivity index (χ3v) is 3.55. The van der Waals surface area contributed by atoms with Crippen LogP contribution in [0.5, 0.6) is 0 Å². The van der Waals surface area contributed by atoms with Gasteiger partial charge in [0.1, 0.15) is 0 Å². The van der Waals surface area contributed by atoms with Crippen LogP contribution in [0.15, 0.2) is 30.3 Å². The lowest BCUT2D eigenvalue weighted by molar-refractivity contribution is -0.114. The van der Waals surface area contributed by atoms with Crippen LogP contribution in [-0.4, -0.2) is 15.7 Å². The highest BCUT2D eigenvalue weighted by Gasteiger charge is 2.15. The van der Waals surface area contributed by atoms with Crippen molar-refractivity contribution in [3.63, 3.8) is 0 Å². The first-order valence-corrected chi connectivity index (χ1v) is 6.88. The van der Waals surface area contributed by atoms with Crippen LogP contribution < -0.4 is 5.32 Å². The molecule has 0 bridgehead atoms. The molecular formula is C12H10Cl2N2OS. The molecule has 18 heavy (non-hydrogen) atoms. The topological polar surface area (TPSA) is 42.0 Å². The van der Waals surface area contributed by atoms with E-state index < -0.39 is 10.7 Å². The van der Waals surface area contributed by atoms with Gasteiger partial charge in [-0.05, 0) is 6.92 Å². The molecule has 1 aromatic carbocycles. The van der Waals surface area contributed by atoms with E-state index in [1.54, 1.807) is 0 Å². The molecule has 3 nitrogen and oxygen atoms in total. The number of nitrogens with zero attached hydrogens (tertiary/aromatic N) is 1. The average molecular weight is 301 g/mol. The maximum Gasteiger partial charge on any atom is 0.259 e. The van der Waals surface area contributed by atoms with Crippen molar-refractivity contribution in [2.75, 3.05) is 5.32 Å². The van der Waals surface area contributed by atoms with E-state index in [4.69, 9.17) is 23.2 Å². The summed E-state index contributed by atoms with van der Waals surface area (Å²) in [4.78, 5) is 15.7. The fourth-order valence-corrected chi connectivity index (χ4v) is 2.42. The van der Waals surface area contributed by atoms with Crippen LogP contribution in [0.4, 0.5) is 5.13 Å². The quantitative estimate of drug-likeness (QED) is 0.875. The van der Waals surface area contributed by atoms with Crippen LogP contribution in [0.1, 0.15) is 4.88 Å². The van der Waals surface area contributed by atoms with Crippen LogP contribution in [-0.2, 0) is 4.79 Å². The molecule has 1 heterocycles. The van der Waals surface area contributed by atoms with Crippen molar-refractivity contribution in [3.05, 3.63) is 35.2 Å². The van der Waals surface area contributed by atoms with Gasteiger partial charge in [0, 0.05) is 10.4 Å². The lowest BCUT2D eigenvalue weighted by Gasteiger charge is -2.00. The molecule has 0 aliphatic rings. The highest BCUT2D eigenvalue weighted by Crippen LogP contribution is 2.30. The fourth-order valence-electron chi connectivity index (χ4n) is 1.47. The molecule has 2 rings (SSSR count). The molecule has 0 saturated carbocycles. The molecule has 0 atom stereocenters. The Balaban J connectivity index is 2.25. The molecule has 1 aromatic heterocycles. The maximum absolute atomic E-state index is 11.4. The zero-order valence-electron chi connectivity index (χ0n) is 9.48. The molecule has 0 radical (unpaired) electrons. The minimum atomic E-state index is -1.09. The van der Waals surface area contributed by atoms with Crippen molar-refractivity contribution < 1.29 is 4.79 Å². The number of hydrogen-bond acceptors (Lipinski definition) is 3. The average Bonchev–Trinajstić information content (AvgIpc) is 2.71. The van der Waals surface area contributed by atoms with Crippen LogP contribution in [0.25, 0.3) is 11.3 Å². The largest absolute Gasteiger partial charge is 0.300 e. The van der Waals surface area contributed by atoms with Gasteiger partial charge >= 0.3 is 0 Å². The summed E-state index contributed by atoms with van der Waals surface area (Å²) in [6.45, 7) is 1.95. The van der Waals surface area contributed by atoms with E-state index >= 15 is 0 Å². The number of rotatable bonds is 3. The van der Waals surface area contributed by atoms with Crippen molar-refractivity contribution in [2.24, 2.45) is 0 Å². The number of hydrogen-bond donors (Lipinski definition) is 1. The summed E-state index contributed by atoms with van der Waals surface area (Å²) in [5.41, 5.74) is 1.87. The number of alkyl halides is 2. The van der Waals surface area contributed by atoms with Gasteiger partial charge in [0.25, 0.3) is 5.91 Å². The standard InChI is InChI=1S/C12H10Cl2N2OS/c1-7-9(8-5-3-2-4-6-8)15-12(18-7)16-11(17)10(13)14/h2-6,10H,1H3,(H,15,16,17). The van der Waals surface area contributed by atoms with E-state index in [1.165, 1.54) is 11.3 Å². The molecule has 6 heteroatoms. The molecule has 0 fully saturated rings. The third-order valence-electron chi connectivity index (χ3n) is 2.27. The second-order valence-corrected chi connectivity index (χ2v) is 5.88. The van der Waals surface area contributed by atoms with Crippen molar-refractivity contribution in [2.45, 2.75) is 11.8 Å². The van der Waals surface area contributed by atoms with Gasteiger partial charge in [0.15, 0.2) is 9.97 Å². The van der Waals surface area contributed by atoms with Crippen LogP contribution in [0.3, 0.4) is 0 Å². The van der Waals surface area contributed by atoms with E-state index in [1.807, 2.05) is 37.3 Å². The highest BCUT2D eigenvalue weighted by atomic mass is 35.5. The van der Waals surface area contributed by atoms with E-state index in [0.717, 1.165) is 16.1 Å². The molecule has 1 N–H and O–H groups in total. The number of carbonyl (C=O) groups excluding carboxylic acids is 1. The SMILES string of the molecule is Cc1sc(NC(=O)C(Cl)Cl)nc1-c1ccccc1. The van der Waals surface area contributed by atoms with Gasteiger partial charge in [-0.15, -0.1) is 11.3 Å². The summed E-state index contributed by atoms with van der Waals surface area (Å²) in [6.07, 6.45) is 0. The molecule has 94 valence electrons. The summed E-state index contributed by atoms with van der Waals surface area (Å²) in [6, 6.07) is 9.78. The minimum Gasteiger partial charge on any atom is -0.300 e. The van der Waals surface area contributed by atoms with Crippen molar-refractivity contribution in [3.8, 4) is 11.3 Å². The number of anilines is 1. The summed E-state index contributed by atoms with van der Waals surface area (Å²) < 4.78 is 0. The maximum atomic E-state index is 11.4. The summed E-state index contributed by atoms with van der Waals surface area (Å²) >= 11 is 12.3. The zero-order valence-corrected chi connectivity index (χ0v) is 11.8. The smallest absolute Gasteiger partial charge is 0.259 e. The van der Waals surface area contributed by atoms with Gasteiger partial charge in [0.2, 0.25) is 0 Å². The molecule has 0 unspecified atom stereocenters. The number of aromatic nitrogens is 1. The van der Waals surface area contributed by atoms with Crippen LogP contribution >= 0.6 is 34.5 Å². The number of halogens is 2. The molecule has 2 aromatic rings. The van der Waals surface area contributed by atoms with Crippen LogP contribution in [0, 0.1) is 6.92 Å². The molecule has 0 spiro atoms. The Labute approximate surface area is 119 Å². The number of aryl methyl sites for hydroxylation is 1. The van der Waals surface area contributed by atoms with Gasteiger partial charge < -0.3 is 0 Å². The summed E-state index contributed by atoms with van der Waals surface area (Å²) in [5, 5.41) is 3.08. The van der Waals surface area contributed by atoms with Gasteiger partial charge in [-0.2, -0.15) is 0 Å². The third kappa shape index (κ3) is 3.02. The summed E-state index contributed by atoms with van der Waals surface area (Å²) in [5.74, 6) is -0.466. The minimum absolute atomic E-state index is 0.466. The molecule has 0 aliphatic carbocycles. The second kappa shape index (κ2) is 5.69. The summed E-state index contributed by atoms with van der Waals surface area (Å²) in [7, 11) is 0. The van der Waals surface area contributed by atoms with E-state index in [2.05, 4.69) is 10.3 Å². The lowest BCUT2D eigenvalue weighted by Crippen LogP contribution is -2.18. The first-order chi connectivity index (χ1) is 8.58. The van der Waals surface area contributed by atoms with Gasteiger partial charge in [0.05, 0.1) is 5.69 Å². The molecular weight excluding hydrogens is 291 g/mol. The van der Waals surface area contributed by atoms with Crippen molar-refractivity contribution in [1.29, 1.82) is 0 Å². The second-order valence-electron chi connectivity index (χ2n) is 3.58. The van der Waals surface area contributed by atoms with E-state index in [9.17, 15) is 4.79 Å². The Morgan fingerprint density at radius 3 is 2.61 bits per heavy atom. The van der Waals surface area contributed by atoms with Gasteiger partial charge in [-0.25, -0.2) is 4.98 Å². The Morgan fingerprint density at radius 2 is 2.00 bits per heavy atom. The van der Waals surface area contributed by atoms with Crippen molar-refractivity contribution >= 4 is 45.6 Å². The van der Waals surface area contributed by atoms with Crippen molar-refractivity contribution in [1.82, 2.24) is 4.98 Å². The van der Waals surface area contributed by atoms with E-state index in [-0.39, 0.29) is 0 Å². The molecule has 0 saturated heterocycles. The monoisotopic (exact) mass is 300 g/mol. The Hall–Kier alpha value is -1.10. The van der Waals surface area contributed by atoms with Gasteiger partial charge in [-0.1, -0.05) is 53.5 Å². The molecule has 0 aliphatic heterocycles. The number of thiazole rings is 1. The fraction of sp³-hybridized carbons (Fsp3) is 0.167. The van der Waals surface area contributed by atoms with Crippen LogP contribution in [0.2, 0.25) is 0 Å². The number of benzene rings is 1. The first kappa shape index (κ1) is 13.3. The van der Waals surface area contributed by atoms with E-state index in [0.29, 0.717) is 5.13 Å². The Morgan fingerprint density at radius 1 is 1.33 bits per heavy atom. The van der Waals surface area contributed by atoms with Gasteiger partial charge in [-0.3, -0.25) is 10.1 Å². The predicted molar refractivity (Wildman–Crippen MR) is 76.4 cm³/mol. The zero-order chi connectivity index (χ0) is 13.1. The normalized spacial score (nSPS) is 10.7. The lowest BCUT2D eigenvalue weighted by atomic mass is 10.1.